The van der Waals surface area contributed by atoms with Gasteiger partial charge >= 0.3 is 12.2 Å². The fourth-order valence-electron chi connectivity index (χ4n) is 1.73. The first kappa shape index (κ1) is 19.2. The van der Waals surface area contributed by atoms with Crippen LogP contribution in [0.15, 0.2) is 22.3 Å². The highest BCUT2D eigenvalue weighted by Gasteiger charge is 2.33. The molecule has 0 atom stereocenters. The van der Waals surface area contributed by atoms with Crippen LogP contribution in [0.4, 0.5) is 18.0 Å². The smallest absolute Gasteiger partial charge is 0.295 e. The van der Waals surface area contributed by atoms with E-state index in [1.54, 1.807) is 0 Å². The van der Waals surface area contributed by atoms with Crippen LogP contribution in [-0.4, -0.2) is 41.3 Å². The zero-order valence-electron chi connectivity index (χ0n) is 12.3. The molecule has 0 saturated carbocycles. The predicted octanol–water partition coefficient (Wildman–Crippen LogP) is 1.90. The van der Waals surface area contributed by atoms with Crippen molar-refractivity contribution in [1.29, 1.82) is 0 Å². The van der Waals surface area contributed by atoms with Crippen LogP contribution < -0.4 is 10.6 Å². The van der Waals surface area contributed by atoms with Crippen LogP contribution in [0.2, 0.25) is 5.02 Å². The lowest BCUT2D eigenvalue weighted by Crippen LogP contribution is -2.56. The fourth-order valence-corrected chi connectivity index (χ4v) is 2.77. The second kappa shape index (κ2) is 7.83. The lowest BCUT2D eigenvalue weighted by molar-refractivity contribution is -0.138. The molecular formula is C13H10ClF3N4O3S. The standard InChI is InChI=1S/C13H10ClF3N4O3S/c14-8-3-6(13(15,16)17)4-19-11(8)25-2-1-18-5-7-9(22)20-12(24)21-10(7)23/h3-5,7H,1-2H2,(H2,20,21,22,23,24). The lowest BCUT2D eigenvalue weighted by Gasteiger charge is -2.16. The molecule has 0 bridgehead atoms. The summed E-state index contributed by atoms with van der Waals surface area (Å²) >= 11 is 6.84. The van der Waals surface area contributed by atoms with Gasteiger partial charge < -0.3 is 0 Å². The predicted molar refractivity (Wildman–Crippen MR) is 83.5 cm³/mol. The first-order chi connectivity index (χ1) is 11.7. The first-order valence-electron chi connectivity index (χ1n) is 6.69. The first-order valence-corrected chi connectivity index (χ1v) is 8.06. The van der Waals surface area contributed by atoms with Gasteiger partial charge in [0.1, 0.15) is 5.03 Å². The average Bonchev–Trinajstić information content (AvgIpc) is 2.49. The Morgan fingerprint density at radius 1 is 1.28 bits per heavy atom. The van der Waals surface area contributed by atoms with E-state index in [9.17, 15) is 27.6 Å². The topological polar surface area (TPSA) is 101 Å². The summed E-state index contributed by atoms with van der Waals surface area (Å²) in [4.78, 5) is 41.3. The number of halogens is 4. The number of thioether (sulfide) groups is 1. The molecule has 1 aliphatic heterocycles. The number of aromatic nitrogens is 1. The third kappa shape index (κ3) is 5.16. The molecule has 0 aromatic carbocycles. The molecular weight excluding hydrogens is 385 g/mol. The SMILES string of the molecule is O=C1NC(=O)C(C=NCCSc2ncc(C(F)(F)F)cc2Cl)C(=O)N1. The number of alkyl halides is 3. The summed E-state index contributed by atoms with van der Waals surface area (Å²) in [6.07, 6.45) is -2.74. The van der Waals surface area contributed by atoms with E-state index in [4.69, 9.17) is 11.6 Å². The maximum Gasteiger partial charge on any atom is 0.417 e. The van der Waals surface area contributed by atoms with Gasteiger partial charge in [-0.2, -0.15) is 13.2 Å². The summed E-state index contributed by atoms with van der Waals surface area (Å²) in [7, 11) is 0. The number of nitrogens with one attached hydrogen (secondary N) is 2. The van der Waals surface area contributed by atoms with Crippen molar-refractivity contribution in [3.8, 4) is 0 Å². The molecule has 2 N–H and O–H groups in total. The van der Waals surface area contributed by atoms with Gasteiger partial charge in [-0.15, -0.1) is 11.8 Å². The molecule has 2 rings (SSSR count). The van der Waals surface area contributed by atoms with E-state index in [0.29, 0.717) is 11.9 Å². The number of pyridine rings is 1. The highest BCUT2D eigenvalue weighted by atomic mass is 35.5. The van der Waals surface area contributed by atoms with Crippen LogP contribution in [0.25, 0.3) is 0 Å². The Morgan fingerprint density at radius 2 is 1.92 bits per heavy atom. The molecule has 0 aliphatic carbocycles. The highest BCUT2D eigenvalue weighted by molar-refractivity contribution is 7.99. The van der Waals surface area contributed by atoms with E-state index >= 15 is 0 Å². The van der Waals surface area contributed by atoms with Gasteiger partial charge in [-0.05, 0) is 6.07 Å². The van der Waals surface area contributed by atoms with E-state index in [1.165, 1.54) is 0 Å². The number of rotatable bonds is 5. The molecule has 7 nitrogen and oxygen atoms in total. The van der Waals surface area contributed by atoms with Gasteiger partial charge in [0.25, 0.3) is 0 Å². The number of aliphatic imine (C=N–C) groups is 1. The zero-order valence-corrected chi connectivity index (χ0v) is 13.8. The molecule has 1 aromatic heterocycles. The lowest BCUT2D eigenvalue weighted by atomic mass is 10.1. The van der Waals surface area contributed by atoms with Crippen LogP contribution in [0.3, 0.4) is 0 Å². The Bertz CT molecular complexity index is 722. The van der Waals surface area contributed by atoms with Crippen molar-refractivity contribution in [2.24, 2.45) is 10.9 Å². The largest absolute Gasteiger partial charge is 0.417 e. The molecule has 0 radical (unpaired) electrons. The minimum atomic E-state index is -4.52. The van der Waals surface area contributed by atoms with E-state index in [0.717, 1.165) is 24.0 Å². The van der Waals surface area contributed by atoms with Gasteiger partial charge in [-0.25, -0.2) is 9.78 Å². The quantitative estimate of drug-likeness (QED) is 0.344. The zero-order chi connectivity index (χ0) is 18.6. The van der Waals surface area contributed by atoms with Crippen molar-refractivity contribution < 1.29 is 27.6 Å². The van der Waals surface area contributed by atoms with Crippen molar-refractivity contribution in [3.63, 3.8) is 0 Å². The monoisotopic (exact) mass is 394 g/mol. The number of hydrogen-bond acceptors (Lipinski definition) is 6. The van der Waals surface area contributed by atoms with Crippen LogP contribution in [0.1, 0.15) is 5.56 Å². The Balaban J connectivity index is 1.86. The van der Waals surface area contributed by atoms with E-state index in [-0.39, 0.29) is 16.6 Å². The van der Waals surface area contributed by atoms with Crippen LogP contribution in [-0.2, 0) is 15.8 Å². The number of barbiturate groups is 1. The van der Waals surface area contributed by atoms with E-state index < -0.39 is 35.5 Å². The Kier molecular flexibility index (Phi) is 6.01. The van der Waals surface area contributed by atoms with Crippen molar-refractivity contribution in [1.82, 2.24) is 15.6 Å². The summed E-state index contributed by atoms with van der Waals surface area (Å²) < 4.78 is 37.5. The molecule has 25 heavy (non-hydrogen) atoms. The molecule has 0 spiro atoms. The number of urea groups is 1. The second-order valence-electron chi connectivity index (χ2n) is 4.70. The normalized spacial score (nSPS) is 16.2. The number of carbonyl (C=O) groups excluding carboxylic acids is 3. The van der Waals surface area contributed by atoms with E-state index in [1.807, 2.05) is 10.6 Å². The number of nitrogens with zero attached hydrogens (tertiary/aromatic N) is 2. The molecule has 1 fully saturated rings. The van der Waals surface area contributed by atoms with E-state index in [2.05, 4.69) is 9.98 Å². The van der Waals surface area contributed by atoms with Crippen LogP contribution in [0.5, 0.6) is 0 Å². The Hall–Kier alpha value is -2.14. The molecule has 2 heterocycles. The fraction of sp³-hybridized carbons (Fsp3) is 0.308. The number of hydrogen-bond donors (Lipinski definition) is 2. The molecule has 1 aromatic rings. The van der Waals surface area contributed by atoms with Crippen molar-refractivity contribution in [3.05, 3.63) is 22.8 Å². The third-order valence-corrected chi connectivity index (χ3v) is 4.27. The Labute approximate surface area is 148 Å². The Morgan fingerprint density at radius 3 is 2.48 bits per heavy atom. The van der Waals surface area contributed by atoms with Crippen molar-refractivity contribution in [2.75, 3.05) is 12.3 Å². The summed E-state index contributed by atoms with van der Waals surface area (Å²) in [6.45, 7) is 0.161. The second-order valence-corrected chi connectivity index (χ2v) is 6.19. The van der Waals surface area contributed by atoms with Gasteiger partial charge in [0, 0.05) is 24.7 Å². The van der Waals surface area contributed by atoms with Crippen LogP contribution in [0, 0.1) is 5.92 Å². The summed E-state index contributed by atoms with van der Waals surface area (Å²) in [6, 6.07) is -0.105. The third-order valence-electron chi connectivity index (χ3n) is 2.89. The number of imide groups is 2. The maximum atomic E-state index is 12.5. The highest BCUT2D eigenvalue weighted by Crippen LogP contribution is 2.33. The van der Waals surface area contributed by atoms with Gasteiger partial charge in [0.15, 0.2) is 5.92 Å². The maximum absolute atomic E-state index is 12.5. The summed E-state index contributed by atoms with van der Waals surface area (Å²) in [5.74, 6) is -2.46. The average molecular weight is 395 g/mol. The van der Waals surface area contributed by atoms with Crippen molar-refractivity contribution >= 4 is 47.4 Å². The van der Waals surface area contributed by atoms with Gasteiger partial charge in [0.05, 0.1) is 10.6 Å². The van der Waals surface area contributed by atoms with Crippen molar-refractivity contribution in [2.45, 2.75) is 11.2 Å². The van der Waals surface area contributed by atoms with Crippen LogP contribution >= 0.6 is 23.4 Å². The summed E-state index contributed by atoms with van der Waals surface area (Å²) in [5.41, 5.74) is -0.941. The van der Waals surface area contributed by atoms with Gasteiger partial charge in [-0.3, -0.25) is 25.2 Å². The molecule has 12 heteroatoms. The molecule has 0 unspecified atom stereocenters. The number of carbonyl (C=O) groups is 3. The van der Waals surface area contributed by atoms with Gasteiger partial charge in [-0.1, -0.05) is 11.6 Å². The number of amides is 4. The molecule has 1 aliphatic rings. The van der Waals surface area contributed by atoms with Gasteiger partial charge in [0.2, 0.25) is 11.8 Å². The molecule has 134 valence electrons. The minimum absolute atomic E-state index is 0.131. The molecule has 4 amide bonds. The minimum Gasteiger partial charge on any atom is -0.295 e. The molecule has 1 saturated heterocycles. The summed E-state index contributed by atoms with van der Waals surface area (Å²) in [5, 5.41) is 3.93.